The molecule has 1 fully saturated rings. The Bertz CT molecular complexity index is 703. The standard InChI is InChI=1S/C15H13N3OS/c1-17-9-5-8-12(17)10-13-14(19)18(15(20)16-13)11-6-3-2-4-7-11/h2-10H,1H3,(H,16,20)/b13-10-. The van der Waals surface area contributed by atoms with E-state index in [9.17, 15) is 4.79 Å². The van der Waals surface area contributed by atoms with Crippen LogP contribution in [0.2, 0.25) is 0 Å². The van der Waals surface area contributed by atoms with Crippen LogP contribution in [0.3, 0.4) is 0 Å². The summed E-state index contributed by atoms with van der Waals surface area (Å²) in [6.45, 7) is 0. The fourth-order valence-corrected chi connectivity index (χ4v) is 2.42. The third-order valence-electron chi connectivity index (χ3n) is 3.17. The molecule has 1 N–H and O–H groups in total. The summed E-state index contributed by atoms with van der Waals surface area (Å²) in [6, 6.07) is 13.2. The quantitative estimate of drug-likeness (QED) is 0.679. The molecule has 1 aliphatic rings. The van der Waals surface area contributed by atoms with Crippen LogP contribution in [-0.2, 0) is 11.8 Å². The van der Waals surface area contributed by atoms with E-state index in [1.807, 2.05) is 60.3 Å². The lowest BCUT2D eigenvalue weighted by Gasteiger charge is -2.13. The maximum absolute atomic E-state index is 12.5. The van der Waals surface area contributed by atoms with Crippen LogP contribution in [0, 0.1) is 0 Å². The van der Waals surface area contributed by atoms with Gasteiger partial charge in [0.2, 0.25) is 0 Å². The fraction of sp³-hybridized carbons (Fsp3) is 0.0667. The van der Waals surface area contributed by atoms with E-state index in [2.05, 4.69) is 5.32 Å². The predicted molar refractivity (Wildman–Crippen MR) is 83.1 cm³/mol. The number of thiocarbonyl (C=S) groups is 1. The van der Waals surface area contributed by atoms with E-state index in [1.165, 1.54) is 4.90 Å². The highest BCUT2D eigenvalue weighted by molar-refractivity contribution is 7.80. The van der Waals surface area contributed by atoms with Crippen LogP contribution in [0.5, 0.6) is 0 Å². The first-order valence-electron chi connectivity index (χ1n) is 6.20. The Labute approximate surface area is 122 Å². The van der Waals surface area contributed by atoms with Gasteiger partial charge in [0.05, 0.1) is 5.69 Å². The lowest BCUT2D eigenvalue weighted by molar-refractivity contribution is -0.113. The normalized spacial score (nSPS) is 16.9. The molecule has 0 radical (unpaired) electrons. The van der Waals surface area contributed by atoms with Gasteiger partial charge < -0.3 is 9.88 Å². The zero-order valence-corrected chi connectivity index (χ0v) is 11.7. The monoisotopic (exact) mass is 283 g/mol. The number of amides is 1. The van der Waals surface area contributed by atoms with Gasteiger partial charge in [-0.15, -0.1) is 0 Å². The summed E-state index contributed by atoms with van der Waals surface area (Å²) < 4.78 is 1.94. The molecule has 1 saturated heterocycles. The Kier molecular flexibility index (Phi) is 3.12. The Morgan fingerprint density at radius 2 is 1.90 bits per heavy atom. The highest BCUT2D eigenvalue weighted by Gasteiger charge is 2.31. The average Bonchev–Trinajstić information content (AvgIpc) is 2.96. The van der Waals surface area contributed by atoms with Crippen LogP contribution in [0.4, 0.5) is 5.69 Å². The average molecular weight is 283 g/mol. The van der Waals surface area contributed by atoms with Crippen LogP contribution in [0.15, 0.2) is 54.4 Å². The van der Waals surface area contributed by atoms with E-state index >= 15 is 0 Å². The lowest BCUT2D eigenvalue weighted by atomic mass is 10.2. The number of para-hydroxylation sites is 1. The zero-order valence-electron chi connectivity index (χ0n) is 10.9. The van der Waals surface area contributed by atoms with E-state index in [-0.39, 0.29) is 5.91 Å². The summed E-state index contributed by atoms with van der Waals surface area (Å²) >= 11 is 5.25. The SMILES string of the molecule is Cn1cccc1/C=C1\NC(=S)N(c2ccccc2)C1=O. The molecular weight excluding hydrogens is 270 g/mol. The molecule has 5 heteroatoms. The minimum absolute atomic E-state index is 0.137. The van der Waals surface area contributed by atoms with Crippen molar-refractivity contribution in [2.75, 3.05) is 4.90 Å². The molecular formula is C15H13N3OS. The van der Waals surface area contributed by atoms with Gasteiger partial charge in [-0.2, -0.15) is 0 Å². The van der Waals surface area contributed by atoms with E-state index in [4.69, 9.17) is 12.2 Å². The lowest BCUT2D eigenvalue weighted by Crippen LogP contribution is -2.30. The Morgan fingerprint density at radius 3 is 2.55 bits per heavy atom. The second-order valence-electron chi connectivity index (χ2n) is 4.51. The number of carbonyl (C=O) groups is 1. The van der Waals surface area contributed by atoms with Crippen LogP contribution in [0.1, 0.15) is 5.69 Å². The van der Waals surface area contributed by atoms with E-state index < -0.39 is 0 Å². The van der Waals surface area contributed by atoms with E-state index in [1.54, 1.807) is 6.08 Å². The molecule has 0 saturated carbocycles. The molecule has 0 aliphatic carbocycles. The van der Waals surface area contributed by atoms with Crippen LogP contribution in [0.25, 0.3) is 6.08 Å². The summed E-state index contributed by atoms with van der Waals surface area (Å²) in [6.07, 6.45) is 3.73. The zero-order chi connectivity index (χ0) is 14.1. The van der Waals surface area contributed by atoms with Crippen LogP contribution < -0.4 is 10.2 Å². The number of aryl methyl sites for hydroxylation is 1. The van der Waals surface area contributed by atoms with Gasteiger partial charge in [-0.1, -0.05) is 18.2 Å². The Hall–Kier alpha value is -2.40. The summed E-state index contributed by atoms with van der Waals surface area (Å²) in [7, 11) is 1.93. The van der Waals surface area contributed by atoms with Gasteiger partial charge in [0.1, 0.15) is 5.70 Å². The molecule has 0 unspecified atom stereocenters. The van der Waals surface area contributed by atoms with Gasteiger partial charge in [0.25, 0.3) is 5.91 Å². The molecule has 0 atom stereocenters. The van der Waals surface area contributed by atoms with Gasteiger partial charge in [0, 0.05) is 18.9 Å². The van der Waals surface area contributed by atoms with Crippen molar-refractivity contribution < 1.29 is 4.79 Å². The van der Waals surface area contributed by atoms with Gasteiger partial charge in [0.15, 0.2) is 5.11 Å². The summed E-state index contributed by atoms with van der Waals surface area (Å²) in [5, 5.41) is 3.38. The van der Waals surface area contributed by atoms with Gasteiger partial charge in [-0.25, -0.2) is 0 Å². The van der Waals surface area contributed by atoms with Crippen LogP contribution >= 0.6 is 12.2 Å². The number of rotatable bonds is 2. The van der Waals surface area contributed by atoms with Crippen molar-refractivity contribution in [2.24, 2.45) is 7.05 Å². The minimum atomic E-state index is -0.137. The molecule has 2 heterocycles. The van der Waals surface area contributed by atoms with Crippen LogP contribution in [-0.4, -0.2) is 15.6 Å². The van der Waals surface area contributed by atoms with Crippen molar-refractivity contribution in [2.45, 2.75) is 0 Å². The molecule has 100 valence electrons. The molecule has 1 amide bonds. The molecule has 2 aromatic rings. The number of hydrogen-bond donors (Lipinski definition) is 1. The Morgan fingerprint density at radius 1 is 1.15 bits per heavy atom. The third-order valence-corrected chi connectivity index (χ3v) is 3.45. The number of nitrogens with one attached hydrogen (secondary N) is 1. The van der Waals surface area contributed by atoms with Crippen molar-refractivity contribution in [1.82, 2.24) is 9.88 Å². The van der Waals surface area contributed by atoms with Crippen molar-refractivity contribution in [3.63, 3.8) is 0 Å². The fourth-order valence-electron chi connectivity index (χ4n) is 2.12. The van der Waals surface area contributed by atoms with Crippen molar-refractivity contribution in [1.29, 1.82) is 0 Å². The first-order chi connectivity index (χ1) is 9.66. The van der Waals surface area contributed by atoms with Crippen molar-refractivity contribution in [3.8, 4) is 0 Å². The van der Waals surface area contributed by atoms with Gasteiger partial charge >= 0.3 is 0 Å². The summed E-state index contributed by atoms with van der Waals surface area (Å²) in [5.74, 6) is -0.137. The van der Waals surface area contributed by atoms with Gasteiger partial charge in [-0.05, 0) is 42.6 Å². The van der Waals surface area contributed by atoms with Crippen molar-refractivity contribution >= 4 is 35.0 Å². The molecule has 3 rings (SSSR count). The first kappa shape index (κ1) is 12.6. The number of nitrogens with zero attached hydrogens (tertiary/aromatic N) is 2. The second-order valence-corrected chi connectivity index (χ2v) is 4.89. The molecule has 0 spiro atoms. The maximum atomic E-state index is 12.5. The molecule has 20 heavy (non-hydrogen) atoms. The van der Waals surface area contributed by atoms with E-state index in [0.29, 0.717) is 10.8 Å². The Balaban J connectivity index is 1.95. The topological polar surface area (TPSA) is 37.3 Å². The predicted octanol–water partition coefficient (Wildman–Crippen LogP) is 2.29. The minimum Gasteiger partial charge on any atom is -0.351 e. The number of anilines is 1. The summed E-state index contributed by atoms with van der Waals surface area (Å²) in [5.41, 5.74) is 2.20. The van der Waals surface area contributed by atoms with Crippen molar-refractivity contribution in [3.05, 3.63) is 60.1 Å². The maximum Gasteiger partial charge on any atom is 0.281 e. The first-order valence-corrected chi connectivity index (χ1v) is 6.61. The highest BCUT2D eigenvalue weighted by Crippen LogP contribution is 2.21. The number of aromatic nitrogens is 1. The van der Waals surface area contributed by atoms with Gasteiger partial charge in [-0.3, -0.25) is 9.69 Å². The third kappa shape index (κ3) is 2.12. The highest BCUT2D eigenvalue weighted by atomic mass is 32.1. The number of carbonyl (C=O) groups excluding carboxylic acids is 1. The number of hydrogen-bond acceptors (Lipinski definition) is 2. The largest absolute Gasteiger partial charge is 0.351 e. The summed E-state index contributed by atoms with van der Waals surface area (Å²) in [4.78, 5) is 14.0. The molecule has 0 bridgehead atoms. The number of benzene rings is 1. The molecule has 1 aromatic heterocycles. The van der Waals surface area contributed by atoms with E-state index in [0.717, 1.165) is 11.4 Å². The molecule has 1 aliphatic heterocycles. The second kappa shape index (κ2) is 4.94. The molecule has 4 nitrogen and oxygen atoms in total. The smallest absolute Gasteiger partial charge is 0.281 e. The molecule has 1 aromatic carbocycles.